The van der Waals surface area contributed by atoms with Crippen LogP contribution < -0.4 is 0 Å². The van der Waals surface area contributed by atoms with Crippen LogP contribution in [0.2, 0.25) is 0 Å². The van der Waals surface area contributed by atoms with E-state index in [-0.39, 0.29) is 35.0 Å². The van der Waals surface area contributed by atoms with Crippen molar-refractivity contribution < 1.29 is 14.7 Å². The minimum atomic E-state index is -0.727. The average Bonchev–Trinajstić information content (AvgIpc) is 3.27. The van der Waals surface area contributed by atoms with Gasteiger partial charge < -0.3 is 10.0 Å². The van der Waals surface area contributed by atoms with Crippen molar-refractivity contribution in [1.82, 2.24) is 4.90 Å². The Kier molecular flexibility index (Phi) is 3.91. The van der Waals surface area contributed by atoms with Crippen LogP contribution in [0.5, 0.6) is 5.75 Å². The highest BCUT2D eigenvalue weighted by Gasteiger charge is 2.54. The van der Waals surface area contributed by atoms with Crippen LogP contribution in [0.4, 0.5) is 0 Å². The first-order valence-electron chi connectivity index (χ1n) is 8.67. The Hall–Kier alpha value is -2.14. The fourth-order valence-electron chi connectivity index (χ4n) is 4.34. The molecule has 1 amide bonds. The van der Waals surface area contributed by atoms with Gasteiger partial charge >= 0.3 is 0 Å². The van der Waals surface area contributed by atoms with Crippen LogP contribution in [0.1, 0.15) is 45.1 Å². The van der Waals surface area contributed by atoms with E-state index in [0.29, 0.717) is 0 Å². The van der Waals surface area contributed by atoms with Crippen LogP contribution in [-0.4, -0.2) is 34.3 Å². The molecule has 3 heterocycles. The highest BCUT2D eigenvalue weighted by molar-refractivity contribution is 7.10. The van der Waals surface area contributed by atoms with Gasteiger partial charge in [-0.15, -0.1) is 11.3 Å². The Morgan fingerprint density at radius 1 is 1.28 bits per heavy atom. The summed E-state index contributed by atoms with van der Waals surface area (Å²) in [4.78, 5) is 29.3. The van der Waals surface area contributed by atoms with Crippen molar-refractivity contribution in [3.8, 4) is 5.75 Å². The van der Waals surface area contributed by atoms with Gasteiger partial charge in [0.15, 0.2) is 5.78 Å². The zero-order chi connectivity index (χ0) is 17.7. The second kappa shape index (κ2) is 5.99. The van der Waals surface area contributed by atoms with Crippen LogP contribution in [0, 0.1) is 19.8 Å². The van der Waals surface area contributed by atoms with Gasteiger partial charge in [0.25, 0.3) is 0 Å². The monoisotopic (exact) mass is 355 g/mol. The lowest BCUT2D eigenvalue weighted by Crippen LogP contribution is -2.31. The predicted octanol–water partition coefficient (Wildman–Crippen LogP) is 3.66. The molecule has 2 saturated heterocycles. The molecule has 25 heavy (non-hydrogen) atoms. The molecule has 0 aliphatic carbocycles. The molecule has 1 aromatic carbocycles. The number of carbonyl (C=O) groups excluding carboxylic acids is 2. The minimum Gasteiger partial charge on any atom is -0.507 e. The van der Waals surface area contributed by atoms with E-state index < -0.39 is 5.92 Å². The maximum absolute atomic E-state index is 13.3. The van der Waals surface area contributed by atoms with Crippen molar-refractivity contribution in [3.63, 3.8) is 0 Å². The summed E-state index contributed by atoms with van der Waals surface area (Å²) in [7, 11) is 0. The Bertz CT molecular complexity index is 856. The van der Waals surface area contributed by atoms with Crippen LogP contribution in [0.15, 0.2) is 29.6 Å². The minimum absolute atomic E-state index is 0.0443. The van der Waals surface area contributed by atoms with Gasteiger partial charge in [0.1, 0.15) is 11.7 Å². The topological polar surface area (TPSA) is 57.6 Å². The number of rotatable bonds is 3. The third-order valence-corrected chi connectivity index (χ3v) is 6.65. The number of aromatic hydroxyl groups is 1. The van der Waals surface area contributed by atoms with Crippen LogP contribution in [0.25, 0.3) is 0 Å². The van der Waals surface area contributed by atoms with Crippen molar-refractivity contribution in [2.24, 2.45) is 5.92 Å². The number of hydrogen-bond donors (Lipinski definition) is 1. The quantitative estimate of drug-likeness (QED) is 0.675. The first-order chi connectivity index (χ1) is 12.0. The van der Waals surface area contributed by atoms with E-state index >= 15 is 0 Å². The van der Waals surface area contributed by atoms with Gasteiger partial charge in [0.05, 0.1) is 5.56 Å². The van der Waals surface area contributed by atoms with Crippen LogP contribution in [0.3, 0.4) is 0 Å². The molecule has 5 heteroatoms. The average molecular weight is 355 g/mol. The number of ketones is 1. The van der Waals surface area contributed by atoms with Crippen molar-refractivity contribution >= 4 is 23.0 Å². The number of fused-ring (bicyclic) bond motifs is 1. The Balaban J connectivity index is 1.80. The maximum Gasteiger partial charge on any atom is 0.234 e. The summed E-state index contributed by atoms with van der Waals surface area (Å²) in [6.07, 6.45) is 1.94. The van der Waals surface area contributed by atoms with Gasteiger partial charge in [-0.25, -0.2) is 0 Å². The highest BCUT2D eigenvalue weighted by Crippen LogP contribution is 2.48. The first-order valence-corrected chi connectivity index (χ1v) is 9.55. The number of benzene rings is 1. The fraction of sp³-hybridized carbons (Fsp3) is 0.400. The normalized spacial score (nSPS) is 25.4. The van der Waals surface area contributed by atoms with Gasteiger partial charge in [-0.1, -0.05) is 11.6 Å². The van der Waals surface area contributed by atoms with Gasteiger partial charge in [-0.2, -0.15) is 0 Å². The third-order valence-electron chi connectivity index (χ3n) is 5.53. The number of Topliss-reactive ketones (excluding diaryl/α,β-unsaturated/α-hetero) is 1. The number of carbonyl (C=O) groups is 2. The summed E-state index contributed by atoms with van der Waals surface area (Å²) in [6.45, 7) is 4.65. The second-order valence-corrected chi connectivity index (χ2v) is 8.05. The molecule has 130 valence electrons. The van der Waals surface area contributed by atoms with Crippen molar-refractivity contribution in [1.29, 1.82) is 0 Å². The largest absolute Gasteiger partial charge is 0.507 e. The molecule has 2 aliphatic heterocycles. The van der Waals surface area contributed by atoms with E-state index in [1.165, 1.54) is 6.07 Å². The number of thiophene rings is 1. The summed E-state index contributed by atoms with van der Waals surface area (Å²) in [5.74, 6) is -1.21. The van der Waals surface area contributed by atoms with E-state index in [9.17, 15) is 14.7 Å². The lowest BCUT2D eigenvalue weighted by Gasteiger charge is -2.21. The number of phenolic OH excluding ortho intramolecular Hbond substituents is 1. The van der Waals surface area contributed by atoms with Crippen molar-refractivity contribution in [2.75, 3.05) is 6.54 Å². The molecule has 1 aromatic heterocycles. The van der Waals surface area contributed by atoms with E-state index in [1.807, 2.05) is 30.2 Å². The van der Waals surface area contributed by atoms with Crippen molar-refractivity contribution in [2.45, 2.75) is 38.6 Å². The number of phenols is 1. The molecule has 1 N–H and O–H groups in total. The lowest BCUT2D eigenvalue weighted by molar-refractivity contribution is -0.129. The maximum atomic E-state index is 13.3. The van der Waals surface area contributed by atoms with Gasteiger partial charge in [-0.3, -0.25) is 9.59 Å². The molecule has 4 rings (SSSR count). The molecular formula is C20H21NO3S. The number of nitrogens with zero attached hydrogens (tertiary/aromatic N) is 1. The van der Waals surface area contributed by atoms with Gasteiger partial charge in [0.2, 0.25) is 5.91 Å². The molecule has 0 unspecified atom stereocenters. The van der Waals surface area contributed by atoms with Crippen LogP contribution >= 0.6 is 11.3 Å². The van der Waals surface area contributed by atoms with Crippen LogP contribution in [-0.2, 0) is 4.79 Å². The molecule has 0 radical (unpaired) electrons. The zero-order valence-corrected chi connectivity index (χ0v) is 15.2. The number of aryl methyl sites for hydroxylation is 2. The van der Waals surface area contributed by atoms with E-state index in [4.69, 9.17) is 0 Å². The Labute approximate surface area is 151 Å². The Morgan fingerprint density at radius 3 is 2.80 bits per heavy atom. The molecule has 0 bridgehead atoms. The molecule has 4 nitrogen and oxygen atoms in total. The van der Waals surface area contributed by atoms with E-state index in [2.05, 4.69) is 0 Å². The molecule has 2 aromatic rings. The lowest BCUT2D eigenvalue weighted by atomic mass is 9.81. The number of hydrogen-bond acceptors (Lipinski definition) is 4. The van der Waals surface area contributed by atoms with E-state index in [0.717, 1.165) is 35.4 Å². The van der Waals surface area contributed by atoms with E-state index in [1.54, 1.807) is 23.5 Å². The highest BCUT2D eigenvalue weighted by atomic mass is 32.1. The molecule has 0 spiro atoms. The summed E-state index contributed by atoms with van der Waals surface area (Å²) in [6, 6.07) is 7.14. The summed E-state index contributed by atoms with van der Waals surface area (Å²) in [5, 5.41) is 12.2. The molecule has 0 saturated carbocycles. The molecular weight excluding hydrogens is 334 g/mol. The predicted molar refractivity (Wildman–Crippen MR) is 97.2 cm³/mol. The first kappa shape index (κ1) is 16.3. The summed E-state index contributed by atoms with van der Waals surface area (Å²) >= 11 is 1.63. The molecule has 3 atom stereocenters. The second-order valence-electron chi connectivity index (χ2n) is 7.10. The smallest absolute Gasteiger partial charge is 0.234 e. The SMILES string of the molecule is Cc1ccc(O)c(C(=O)[C@@H]2C(=O)N3CCC[C@@H]3[C@H]2c2sccc2C)c1. The molecule has 2 aliphatic rings. The van der Waals surface area contributed by atoms with Gasteiger partial charge in [-0.05, 0) is 55.8 Å². The molecule has 2 fully saturated rings. The Morgan fingerprint density at radius 2 is 2.08 bits per heavy atom. The van der Waals surface area contributed by atoms with Gasteiger partial charge in [0, 0.05) is 23.4 Å². The number of amides is 1. The summed E-state index contributed by atoms with van der Waals surface area (Å²) in [5.41, 5.74) is 2.30. The third kappa shape index (κ3) is 2.49. The fourth-order valence-corrected chi connectivity index (χ4v) is 5.46. The zero-order valence-electron chi connectivity index (χ0n) is 14.4. The summed E-state index contributed by atoms with van der Waals surface area (Å²) < 4.78 is 0. The standard InChI is InChI=1S/C20H21NO3S/c1-11-5-6-15(22)13(10-11)18(23)17-16(19-12(2)7-9-25-19)14-4-3-8-21(14)20(17)24/h5-7,9-10,14,16-17,22H,3-4,8H2,1-2H3/t14-,16-,17-/m1/s1. The van der Waals surface area contributed by atoms with Crippen molar-refractivity contribution in [3.05, 3.63) is 51.2 Å².